The Labute approximate surface area is 202 Å². The molecule has 0 radical (unpaired) electrons. The molecule has 3 atom stereocenters. The number of fused-ring (bicyclic) bond motifs is 3. The van der Waals surface area contributed by atoms with Crippen molar-refractivity contribution >= 4 is 17.0 Å². The van der Waals surface area contributed by atoms with E-state index in [1.165, 1.54) is 12.1 Å². The summed E-state index contributed by atoms with van der Waals surface area (Å²) in [7, 11) is 0. The Morgan fingerprint density at radius 3 is 2.57 bits per heavy atom. The van der Waals surface area contributed by atoms with Crippen molar-refractivity contribution in [3.8, 4) is 0 Å². The van der Waals surface area contributed by atoms with E-state index in [1.807, 2.05) is 48.5 Å². The minimum atomic E-state index is -0.641. The van der Waals surface area contributed by atoms with Crippen LogP contribution in [0.15, 0.2) is 96.8 Å². The fraction of sp³-hybridized carbons (Fsp3) is 0.167. The number of carbonyl (C=O) groups is 1. The van der Waals surface area contributed by atoms with Crippen molar-refractivity contribution in [3.63, 3.8) is 0 Å². The molecule has 6 rings (SSSR count). The molecule has 0 amide bonds. The van der Waals surface area contributed by atoms with Gasteiger partial charge in [0.2, 0.25) is 0 Å². The lowest BCUT2D eigenvalue weighted by Gasteiger charge is -2.22. The molecule has 3 N–H and O–H groups in total. The smallest absolute Gasteiger partial charge is 0.167 e. The molecule has 0 saturated heterocycles. The van der Waals surface area contributed by atoms with Gasteiger partial charge in [-0.1, -0.05) is 42.5 Å². The molecular weight excluding hydrogens is 441 g/mol. The third kappa shape index (κ3) is 3.78. The summed E-state index contributed by atoms with van der Waals surface area (Å²) < 4.78 is 13.2. The lowest BCUT2D eigenvalue weighted by Crippen LogP contribution is -2.18. The molecule has 2 aliphatic carbocycles. The molecule has 0 aromatic heterocycles. The van der Waals surface area contributed by atoms with Gasteiger partial charge in [-0.3, -0.25) is 4.79 Å². The molecule has 3 aromatic carbocycles. The van der Waals surface area contributed by atoms with E-state index in [2.05, 4.69) is 11.4 Å². The lowest BCUT2D eigenvalue weighted by molar-refractivity contribution is 0.0993. The number of allylic oxidation sites excluding steroid dienone is 2. The van der Waals surface area contributed by atoms with Crippen LogP contribution in [0.5, 0.6) is 0 Å². The van der Waals surface area contributed by atoms with Crippen molar-refractivity contribution in [2.75, 3.05) is 5.32 Å². The maximum Gasteiger partial charge on any atom is 0.167 e. The highest BCUT2D eigenvalue weighted by Gasteiger charge is 2.52. The number of Topliss-reactive ketones (excluding diaryl/α,β-unsaturated/α-hetero) is 1. The van der Waals surface area contributed by atoms with E-state index in [-0.39, 0.29) is 35.2 Å². The zero-order valence-corrected chi connectivity index (χ0v) is 18.9. The van der Waals surface area contributed by atoms with E-state index in [9.17, 15) is 19.4 Å². The number of ketones is 1. The largest absolute Gasteiger partial charge is 0.508 e. The summed E-state index contributed by atoms with van der Waals surface area (Å²) in [5.41, 5.74) is 6.13. The van der Waals surface area contributed by atoms with Gasteiger partial charge in [0, 0.05) is 29.2 Å². The van der Waals surface area contributed by atoms with Gasteiger partial charge in [0.1, 0.15) is 17.1 Å². The van der Waals surface area contributed by atoms with Gasteiger partial charge in [0.25, 0.3) is 0 Å². The Morgan fingerprint density at radius 2 is 1.86 bits per heavy atom. The van der Waals surface area contributed by atoms with Crippen LogP contribution in [0.4, 0.5) is 10.1 Å². The molecule has 3 unspecified atom stereocenters. The predicted octanol–water partition coefficient (Wildman–Crippen LogP) is 6.02. The Balaban J connectivity index is 1.17. The van der Waals surface area contributed by atoms with Crippen LogP contribution in [0.1, 0.15) is 45.1 Å². The van der Waals surface area contributed by atoms with Crippen molar-refractivity contribution in [3.05, 3.63) is 130 Å². The minimum Gasteiger partial charge on any atom is -0.508 e. The molecule has 3 aromatic rings. The zero-order chi connectivity index (χ0) is 24.2. The number of halogens is 1. The standard InChI is InChI=1S/C30H24FNO3/c31-23-10-1-18(2-11-23)15-28(34)21-7-14-27-25(16-21)26-17-30(26,32-27)22-8-3-19(4-9-22)29(35)20-5-12-24(33)13-6-20/h1-5,7-14,16-17,20,29,32-33,35H,6,15H2. The Kier molecular flexibility index (Phi) is 4.97. The maximum atomic E-state index is 13.2. The molecule has 174 valence electrons. The number of benzene rings is 3. The van der Waals surface area contributed by atoms with Crippen molar-refractivity contribution < 1.29 is 19.4 Å². The first kappa shape index (κ1) is 21.6. The first-order chi connectivity index (χ1) is 16.9. The summed E-state index contributed by atoms with van der Waals surface area (Å²) in [6.45, 7) is 0. The van der Waals surface area contributed by atoms with Gasteiger partial charge >= 0.3 is 0 Å². The van der Waals surface area contributed by atoms with Gasteiger partial charge in [-0.15, -0.1) is 0 Å². The molecule has 0 bridgehead atoms. The fourth-order valence-corrected chi connectivity index (χ4v) is 5.09. The first-order valence-electron chi connectivity index (χ1n) is 11.7. The normalized spacial score (nSPS) is 22.4. The van der Waals surface area contributed by atoms with E-state index in [4.69, 9.17) is 0 Å². The molecule has 35 heavy (non-hydrogen) atoms. The number of aliphatic hydroxyl groups is 2. The second-order valence-electron chi connectivity index (χ2n) is 9.43. The molecule has 4 nitrogen and oxygen atoms in total. The van der Waals surface area contributed by atoms with Crippen LogP contribution in [0, 0.1) is 11.7 Å². The molecule has 0 spiro atoms. The van der Waals surface area contributed by atoms with E-state index >= 15 is 0 Å². The zero-order valence-electron chi connectivity index (χ0n) is 18.9. The highest BCUT2D eigenvalue weighted by Crippen LogP contribution is 2.59. The number of carbonyl (C=O) groups excluding carboxylic acids is 1. The number of anilines is 1. The highest BCUT2D eigenvalue weighted by molar-refractivity contribution is 6.06. The number of rotatable bonds is 6. The fourth-order valence-electron chi connectivity index (χ4n) is 5.09. The molecule has 3 aliphatic rings. The Bertz CT molecular complexity index is 1420. The van der Waals surface area contributed by atoms with E-state index < -0.39 is 6.10 Å². The van der Waals surface area contributed by atoms with Crippen LogP contribution in [-0.4, -0.2) is 16.0 Å². The first-order valence-corrected chi connectivity index (χ1v) is 11.7. The van der Waals surface area contributed by atoms with Gasteiger partial charge in [-0.2, -0.15) is 0 Å². The van der Waals surface area contributed by atoms with E-state index in [0.717, 1.165) is 33.5 Å². The number of hydrogen-bond acceptors (Lipinski definition) is 4. The van der Waals surface area contributed by atoms with Gasteiger partial charge in [0.05, 0.1) is 6.10 Å². The number of aliphatic hydroxyl groups excluding tert-OH is 2. The predicted molar refractivity (Wildman–Crippen MR) is 134 cm³/mol. The van der Waals surface area contributed by atoms with Crippen molar-refractivity contribution in [1.82, 2.24) is 0 Å². The van der Waals surface area contributed by atoms with Crippen LogP contribution in [-0.2, 0) is 12.0 Å². The van der Waals surface area contributed by atoms with Crippen LogP contribution >= 0.6 is 0 Å². The van der Waals surface area contributed by atoms with Crippen molar-refractivity contribution in [1.29, 1.82) is 0 Å². The molecule has 5 heteroatoms. The highest BCUT2D eigenvalue weighted by atomic mass is 19.1. The molecule has 0 saturated carbocycles. The van der Waals surface area contributed by atoms with Crippen LogP contribution in [0.25, 0.3) is 5.57 Å². The van der Waals surface area contributed by atoms with Crippen molar-refractivity contribution in [2.24, 2.45) is 5.92 Å². The third-order valence-electron chi connectivity index (χ3n) is 7.17. The second-order valence-corrected chi connectivity index (χ2v) is 9.43. The molecule has 0 fully saturated rings. The summed E-state index contributed by atoms with van der Waals surface area (Å²) in [4.78, 5) is 12.8. The minimum absolute atomic E-state index is 0.00331. The number of nitrogens with one attached hydrogen (secondary N) is 1. The molecular formula is C30H24FNO3. The summed E-state index contributed by atoms with van der Waals surface area (Å²) in [6.07, 6.45) is 7.54. The maximum absolute atomic E-state index is 13.2. The van der Waals surface area contributed by atoms with Gasteiger partial charge in [-0.25, -0.2) is 4.39 Å². The lowest BCUT2D eigenvalue weighted by atomic mass is 9.88. The Morgan fingerprint density at radius 1 is 1.09 bits per heavy atom. The van der Waals surface area contributed by atoms with Crippen LogP contribution in [0.3, 0.4) is 0 Å². The van der Waals surface area contributed by atoms with Crippen LogP contribution < -0.4 is 5.32 Å². The summed E-state index contributed by atoms with van der Waals surface area (Å²) in [6, 6.07) is 19.7. The summed E-state index contributed by atoms with van der Waals surface area (Å²) >= 11 is 0. The summed E-state index contributed by atoms with van der Waals surface area (Å²) in [5.74, 6) is -0.143. The van der Waals surface area contributed by atoms with E-state index in [0.29, 0.717) is 12.0 Å². The van der Waals surface area contributed by atoms with E-state index in [1.54, 1.807) is 24.3 Å². The number of hydrogen-bond donors (Lipinski definition) is 3. The molecule has 1 heterocycles. The summed E-state index contributed by atoms with van der Waals surface area (Å²) in [5, 5.41) is 23.9. The SMILES string of the molecule is O=C(Cc1ccc(F)cc1)c1ccc2c(c1)C1=CC1(c1ccc(C(O)C3C=CC(O)=CC3)cc1)N2. The van der Waals surface area contributed by atoms with Crippen LogP contribution in [0.2, 0.25) is 0 Å². The quantitative estimate of drug-likeness (QED) is 0.390. The second kappa shape index (κ2) is 8.07. The third-order valence-corrected chi connectivity index (χ3v) is 7.17. The monoisotopic (exact) mass is 465 g/mol. The average molecular weight is 466 g/mol. The molecule has 1 aliphatic heterocycles. The van der Waals surface area contributed by atoms with Gasteiger partial charge in [-0.05, 0) is 77.2 Å². The van der Waals surface area contributed by atoms with Crippen molar-refractivity contribution in [2.45, 2.75) is 24.5 Å². The van der Waals surface area contributed by atoms with Gasteiger partial charge in [0.15, 0.2) is 5.78 Å². The Hall–Kier alpha value is -3.96. The van der Waals surface area contributed by atoms with Gasteiger partial charge < -0.3 is 15.5 Å². The average Bonchev–Trinajstić information content (AvgIpc) is 3.52. The topological polar surface area (TPSA) is 69.6 Å².